The lowest BCUT2D eigenvalue weighted by molar-refractivity contribution is 0.465. The highest BCUT2D eigenvalue weighted by Gasteiger charge is 2.24. The van der Waals surface area contributed by atoms with Gasteiger partial charge < -0.3 is 5.32 Å². The van der Waals surface area contributed by atoms with Gasteiger partial charge in [-0.15, -0.1) is 11.3 Å². The van der Waals surface area contributed by atoms with Crippen LogP contribution in [0.5, 0.6) is 0 Å². The standard InChI is InChI=1S/C15H16Cl2N2S/c1-2-18-12-4-3-5-13-14(12)19-15(20-13)10-8-9(16)6-7-11(10)17/h6-8,12,18H,2-5H2,1H3. The number of halogens is 2. The fourth-order valence-corrected chi connectivity index (χ4v) is 4.27. The predicted molar refractivity (Wildman–Crippen MR) is 86.9 cm³/mol. The van der Waals surface area contributed by atoms with E-state index in [1.165, 1.54) is 17.0 Å². The minimum atomic E-state index is 0.381. The van der Waals surface area contributed by atoms with Crippen LogP contribution in [-0.4, -0.2) is 11.5 Å². The van der Waals surface area contributed by atoms with Crippen LogP contribution in [0.4, 0.5) is 0 Å². The summed E-state index contributed by atoms with van der Waals surface area (Å²) in [4.78, 5) is 6.22. The van der Waals surface area contributed by atoms with Crippen molar-refractivity contribution < 1.29 is 0 Å². The van der Waals surface area contributed by atoms with Gasteiger partial charge in [-0.3, -0.25) is 0 Å². The largest absolute Gasteiger partial charge is 0.309 e. The van der Waals surface area contributed by atoms with Crippen molar-refractivity contribution in [3.63, 3.8) is 0 Å². The second-order valence-electron chi connectivity index (χ2n) is 4.95. The van der Waals surface area contributed by atoms with E-state index in [1.54, 1.807) is 11.3 Å². The lowest BCUT2D eigenvalue weighted by Gasteiger charge is -2.21. The SMILES string of the molecule is CCNC1CCCc2sc(-c3cc(Cl)ccc3Cl)nc21. The topological polar surface area (TPSA) is 24.9 Å². The Bertz CT molecular complexity index is 624. The van der Waals surface area contributed by atoms with Crippen molar-refractivity contribution in [2.24, 2.45) is 0 Å². The lowest BCUT2D eigenvalue weighted by atomic mass is 9.98. The molecule has 1 aliphatic carbocycles. The molecule has 2 nitrogen and oxygen atoms in total. The molecule has 5 heteroatoms. The number of nitrogens with zero attached hydrogens (tertiary/aromatic N) is 1. The Morgan fingerprint density at radius 1 is 1.40 bits per heavy atom. The fourth-order valence-electron chi connectivity index (χ4n) is 2.64. The molecule has 1 aromatic heterocycles. The molecule has 1 N–H and O–H groups in total. The van der Waals surface area contributed by atoms with E-state index in [0.717, 1.165) is 30.0 Å². The highest BCUT2D eigenvalue weighted by Crippen LogP contribution is 2.39. The highest BCUT2D eigenvalue weighted by molar-refractivity contribution is 7.15. The van der Waals surface area contributed by atoms with Gasteiger partial charge in [-0.25, -0.2) is 4.98 Å². The van der Waals surface area contributed by atoms with Crippen LogP contribution >= 0.6 is 34.5 Å². The fraction of sp³-hybridized carbons (Fsp3) is 0.400. The molecular weight excluding hydrogens is 311 g/mol. The molecule has 0 radical (unpaired) electrons. The van der Waals surface area contributed by atoms with Crippen LogP contribution in [0.3, 0.4) is 0 Å². The molecule has 1 atom stereocenters. The maximum atomic E-state index is 6.28. The van der Waals surface area contributed by atoms with Crippen molar-refractivity contribution in [3.8, 4) is 10.6 Å². The summed E-state index contributed by atoms with van der Waals surface area (Å²) < 4.78 is 0. The highest BCUT2D eigenvalue weighted by atomic mass is 35.5. The number of hydrogen-bond donors (Lipinski definition) is 1. The van der Waals surface area contributed by atoms with Crippen LogP contribution in [0.2, 0.25) is 10.0 Å². The van der Waals surface area contributed by atoms with E-state index in [9.17, 15) is 0 Å². The van der Waals surface area contributed by atoms with Gasteiger partial charge in [0.05, 0.1) is 16.8 Å². The van der Waals surface area contributed by atoms with Gasteiger partial charge in [0.25, 0.3) is 0 Å². The summed E-state index contributed by atoms with van der Waals surface area (Å²) in [6.07, 6.45) is 3.50. The second kappa shape index (κ2) is 6.02. The first-order chi connectivity index (χ1) is 9.69. The molecule has 0 bridgehead atoms. The van der Waals surface area contributed by atoms with Crippen LogP contribution in [0, 0.1) is 0 Å². The van der Waals surface area contributed by atoms with Crippen LogP contribution in [0.15, 0.2) is 18.2 Å². The van der Waals surface area contributed by atoms with Gasteiger partial charge in [0.2, 0.25) is 0 Å². The quantitative estimate of drug-likeness (QED) is 0.848. The Balaban J connectivity index is 2.02. The monoisotopic (exact) mass is 326 g/mol. The third kappa shape index (κ3) is 2.73. The van der Waals surface area contributed by atoms with Crippen molar-refractivity contribution in [1.29, 1.82) is 0 Å². The maximum absolute atomic E-state index is 6.28. The first-order valence-corrected chi connectivity index (χ1v) is 8.44. The van der Waals surface area contributed by atoms with E-state index in [2.05, 4.69) is 12.2 Å². The number of aryl methyl sites for hydroxylation is 1. The molecule has 0 fully saturated rings. The van der Waals surface area contributed by atoms with E-state index >= 15 is 0 Å². The zero-order valence-corrected chi connectivity index (χ0v) is 13.6. The number of hydrogen-bond acceptors (Lipinski definition) is 3. The number of nitrogens with one attached hydrogen (secondary N) is 1. The first kappa shape index (κ1) is 14.3. The molecule has 1 aliphatic rings. The molecule has 3 rings (SSSR count). The third-order valence-corrected chi connectivity index (χ3v) is 5.29. The number of rotatable bonds is 3. The maximum Gasteiger partial charge on any atom is 0.125 e. The van der Waals surface area contributed by atoms with Crippen molar-refractivity contribution in [3.05, 3.63) is 38.8 Å². The molecule has 0 saturated heterocycles. The van der Waals surface area contributed by atoms with Crippen LogP contribution < -0.4 is 5.32 Å². The molecule has 0 aliphatic heterocycles. The summed E-state index contributed by atoms with van der Waals surface area (Å²) in [5.74, 6) is 0. The van der Waals surface area contributed by atoms with Crippen molar-refractivity contribution in [1.82, 2.24) is 10.3 Å². The van der Waals surface area contributed by atoms with E-state index in [-0.39, 0.29) is 0 Å². The van der Waals surface area contributed by atoms with Gasteiger partial charge in [-0.2, -0.15) is 0 Å². The number of thiazole rings is 1. The summed E-state index contributed by atoms with van der Waals surface area (Å²) in [5.41, 5.74) is 2.14. The van der Waals surface area contributed by atoms with Crippen LogP contribution in [-0.2, 0) is 6.42 Å². The molecule has 20 heavy (non-hydrogen) atoms. The van der Waals surface area contributed by atoms with E-state index < -0.39 is 0 Å². The molecule has 1 heterocycles. The van der Waals surface area contributed by atoms with Gasteiger partial charge in [-0.1, -0.05) is 30.1 Å². The molecule has 0 saturated carbocycles. The van der Waals surface area contributed by atoms with Gasteiger partial charge in [0.1, 0.15) is 5.01 Å². The van der Waals surface area contributed by atoms with Gasteiger partial charge in [0, 0.05) is 15.5 Å². The molecule has 0 amide bonds. The average molecular weight is 327 g/mol. The van der Waals surface area contributed by atoms with Crippen molar-refractivity contribution in [2.45, 2.75) is 32.2 Å². The van der Waals surface area contributed by atoms with Crippen LogP contribution in [0.25, 0.3) is 10.6 Å². The summed E-state index contributed by atoms with van der Waals surface area (Å²) in [5, 5.41) is 5.90. The first-order valence-electron chi connectivity index (χ1n) is 6.87. The molecule has 2 aromatic rings. The molecule has 106 valence electrons. The van der Waals surface area contributed by atoms with Gasteiger partial charge in [-0.05, 0) is 44.0 Å². The Kier molecular flexibility index (Phi) is 4.32. The molecule has 1 unspecified atom stereocenters. The second-order valence-corrected chi connectivity index (χ2v) is 6.88. The molecule has 0 spiro atoms. The summed E-state index contributed by atoms with van der Waals surface area (Å²) in [6.45, 7) is 3.10. The summed E-state index contributed by atoms with van der Waals surface area (Å²) in [6, 6.07) is 5.92. The summed E-state index contributed by atoms with van der Waals surface area (Å²) >= 11 is 14.1. The van der Waals surface area contributed by atoms with E-state index in [4.69, 9.17) is 28.2 Å². The predicted octanol–water partition coefficient (Wildman–Crippen LogP) is 5.10. The number of fused-ring (bicyclic) bond motifs is 1. The van der Waals surface area contributed by atoms with E-state index in [0.29, 0.717) is 16.1 Å². The normalized spacial score (nSPS) is 18.1. The Hall–Kier alpha value is -0.610. The van der Waals surface area contributed by atoms with Gasteiger partial charge >= 0.3 is 0 Å². The zero-order valence-electron chi connectivity index (χ0n) is 11.2. The molecular formula is C15H16Cl2N2S. The molecule has 1 aromatic carbocycles. The minimum absolute atomic E-state index is 0.381. The average Bonchev–Trinajstić information content (AvgIpc) is 2.87. The zero-order chi connectivity index (χ0) is 14.1. The Morgan fingerprint density at radius 3 is 3.05 bits per heavy atom. The number of benzene rings is 1. The minimum Gasteiger partial charge on any atom is -0.309 e. The number of aromatic nitrogens is 1. The van der Waals surface area contributed by atoms with Crippen LogP contribution in [0.1, 0.15) is 36.4 Å². The lowest BCUT2D eigenvalue weighted by Crippen LogP contribution is -2.24. The Morgan fingerprint density at radius 2 is 2.25 bits per heavy atom. The smallest absolute Gasteiger partial charge is 0.125 e. The van der Waals surface area contributed by atoms with E-state index in [1.807, 2.05) is 18.2 Å². The summed E-state index contributed by atoms with van der Waals surface area (Å²) in [7, 11) is 0. The Labute approximate surface area is 133 Å². The third-order valence-electron chi connectivity index (χ3n) is 3.56. The van der Waals surface area contributed by atoms with Gasteiger partial charge in [0.15, 0.2) is 0 Å². The van der Waals surface area contributed by atoms with Crippen molar-refractivity contribution >= 4 is 34.5 Å². The van der Waals surface area contributed by atoms with Crippen molar-refractivity contribution in [2.75, 3.05) is 6.54 Å².